The maximum atomic E-state index is 5.94. The van der Waals surface area contributed by atoms with Crippen LogP contribution >= 0.6 is 11.8 Å². The molecule has 0 bridgehead atoms. The van der Waals surface area contributed by atoms with Gasteiger partial charge in [-0.15, -0.1) is 10.2 Å². The van der Waals surface area contributed by atoms with Gasteiger partial charge < -0.3 is 8.98 Å². The van der Waals surface area contributed by atoms with Crippen LogP contribution in [-0.4, -0.2) is 19.7 Å². The van der Waals surface area contributed by atoms with Crippen LogP contribution in [0.3, 0.4) is 0 Å². The zero-order valence-electron chi connectivity index (χ0n) is 16.4. The van der Waals surface area contributed by atoms with Crippen molar-refractivity contribution in [2.45, 2.75) is 44.1 Å². The molecule has 6 heteroatoms. The first-order valence-electron chi connectivity index (χ1n) is 9.62. The van der Waals surface area contributed by atoms with Gasteiger partial charge in [0.05, 0.1) is 16.3 Å². The highest BCUT2D eigenvalue weighted by Crippen LogP contribution is 2.36. The fraction of sp³-hybridized carbons (Fsp3) is 0.318. The standard InChI is InChI=1S/C22H24N4OS/c1-15(2)13-14-26-19-12-8-7-11-18(19)23-22(26)28-16(3)20-24-25-21(27-20)17-9-5-4-6-10-17/h4-12,15-16H,13-14H2,1-3H3/t16-/m1/s1. The molecule has 4 rings (SSSR count). The summed E-state index contributed by atoms with van der Waals surface area (Å²) in [5.41, 5.74) is 3.13. The molecule has 0 aliphatic heterocycles. The summed E-state index contributed by atoms with van der Waals surface area (Å²) in [5, 5.41) is 9.50. The molecule has 0 amide bonds. The normalized spacial score (nSPS) is 12.7. The monoisotopic (exact) mass is 392 g/mol. The van der Waals surface area contributed by atoms with Crippen molar-refractivity contribution in [2.24, 2.45) is 5.92 Å². The highest BCUT2D eigenvalue weighted by Gasteiger charge is 2.20. The minimum atomic E-state index is 0.0135. The summed E-state index contributed by atoms with van der Waals surface area (Å²) in [5.74, 6) is 1.81. The lowest BCUT2D eigenvalue weighted by molar-refractivity contribution is 0.499. The Labute approximate surface area is 169 Å². The Morgan fingerprint density at radius 1 is 0.964 bits per heavy atom. The first-order valence-corrected chi connectivity index (χ1v) is 10.5. The molecule has 0 spiro atoms. The van der Waals surface area contributed by atoms with Crippen LogP contribution in [0.2, 0.25) is 0 Å². The van der Waals surface area contributed by atoms with Gasteiger partial charge in [-0.1, -0.05) is 55.9 Å². The molecule has 0 saturated heterocycles. The lowest BCUT2D eigenvalue weighted by Crippen LogP contribution is -2.04. The summed E-state index contributed by atoms with van der Waals surface area (Å²) in [4.78, 5) is 4.86. The second-order valence-corrected chi connectivity index (χ2v) is 8.60. The Kier molecular flexibility index (Phi) is 5.48. The Bertz CT molecular complexity index is 1050. The molecule has 1 atom stereocenters. The summed E-state index contributed by atoms with van der Waals surface area (Å²) < 4.78 is 8.25. The third-order valence-corrected chi connectivity index (χ3v) is 5.72. The number of hydrogen-bond acceptors (Lipinski definition) is 5. The van der Waals surface area contributed by atoms with Crippen LogP contribution in [0, 0.1) is 5.92 Å². The molecular formula is C22H24N4OS. The van der Waals surface area contributed by atoms with Crippen LogP contribution in [0.15, 0.2) is 64.2 Å². The van der Waals surface area contributed by atoms with E-state index in [-0.39, 0.29) is 5.25 Å². The fourth-order valence-electron chi connectivity index (χ4n) is 3.05. The fourth-order valence-corrected chi connectivity index (χ4v) is 4.03. The smallest absolute Gasteiger partial charge is 0.247 e. The number of aromatic nitrogens is 4. The first-order chi connectivity index (χ1) is 13.6. The molecule has 2 aromatic carbocycles. The molecule has 0 radical (unpaired) electrons. The van der Waals surface area contributed by atoms with E-state index in [0.29, 0.717) is 17.7 Å². The highest BCUT2D eigenvalue weighted by molar-refractivity contribution is 7.99. The molecule has 2 heterocycles. The van der Waals surface area contributed by atoms with Crippen molar-refractivity contribution < 1.29 is 4.42 Å². The third-order valence-electron chi connectivity index (χ3n) is 4.64. The molecule has 0 N–H and O–H groups in total. The Morgan fingerprint density at radius 2 is 1.71 bits per heavy atom. The molecule has 0 fully saturated rings. The second kappa shape index (κ2) is 8.19. The van der Waals surface area contributed by atoms with Crippen LogP contribution in [0.25, 0.3) is 22.5 Å². The SMILES string of the molecule is CC(C)CCn1c(S[C@H](C)c2nnc(-c3ccccc3)o2)nc2ccccc21. The van der Waals surface area contributed by atoms with Crippen LogP contribution < -0.4 is 0 Å². The van der Waals surface area contributed by atoms with E-state index >= 15 is 0 Å². The van der Waals surface area contributed by atoms with Gasteiger partial charge in [0.1, 0.15) is 0 Å². The van der Waals surface area contributed by atoms with Gasteiger partial charge in [-0.25, -0.2) is 4.98 Å². The number of imidazole rings is 1. The Morgan fingerprint density at radius 3 is 2.50 bits per heavy atom. The topological polar surface area (TPSA) is 56.7 Å². The van der Waals surface area contributed by atoms with E-state index < -0.39 is 0 Å². The van der Waals surface area contributed by atoms with Crippen molar-refractivity contribution in [1.82, 2.24) is 19.7 Å². The Balaban J connectivity index is 1.59. The molecule has 28 heavy (non-hydrogen) atoms. The largest absolute Gasteiger partial charge is 0.419 e. The summed E-state index contributed by atoms with van der Waals surface area (Å²) in [7, 11) is 0. The molecular weight excluding hydrogens is 368 g/mol. The van der Waals surface area contributed by atoms with Crippen molar-refractivity contribution in [3.63, 3.8) is 0 Å². The number of benzene rings is 2. The van der Waals surface area contributed by atoms with Gasteiger partial charge in [-0.05, 0) is 43.5 Å². The van der Waals surface area contributed by atoms with Crippen molar-refractivity contribution in [3.05, 3.63) is 60.5 Å². The lowest BCUT2D eigenvalue weighted by Gasteiger charge is -2.12. The Hall–Kier alpha value is -2.60. The van der Waals surface area contributed by atoms with Crippen molar-refractivity contribution in [1.29, 1.82) is 0 Å². The summed E-state index contributed by atoms with van der Waals surface area (Å²) in [6.07, 6.45) is 1.11. The van der Waals surface area contributed by atoms with E-state index in [9.17, 15) is 0 Å². The number of para-hydroxylation sites is 2. The zero-order valence-corrected chi connectivity index (χ0v) is 17.2. The number of nitrogens with zero attached hydrogens (tertiary/aromatic N) is 4. The van der Waals surface area contributed by atoms with Crippen LogP contribution in [-0.2, 0) is 6.54 Å². The summed E-state index contributed by atoms with van der Waals surface area (Å²) in [6, 6.07) is 18.2. The van der Waals surface area contributed by atoms with Crippen molar-refractivity contribution >= 4 is 22.8 Å². The quantitative estimate of drug-likeness (QED) is 0.362. The van der Waals surface area contributed by atoms with E-state index in [4.69, 9.17) is 9.40 Å². The summed E-state index contributed by atoms with van der Waals surface area (Å²) >= 11 is 1.66. The molecule has 0 aliphatic rings. The zero-order chi connectivity index (χ0) is 19.5. The number of aryl methyl sites for hydroxylation is 1. The van der Waals surface area contributed by atoms with Gasteiger partial charge in [0.15, 0.2) is 5.16 Å². The van der Waals surface area contributed by atoms with Gasteiger partial charge in [0, 0.05) is 12.1 Å². The number of thioether (sulfide) groups is 1. The third kappa shape index (κ3) is 3.97. The van der Waals surface area contributed by atoms with Crippen LogP contribution in [0.4, 0.5) is 0 Å². The molecule has 2 aromatic heterocycles. The maximum absolute atomic E-state index is 5.94. The second-order valence-electron chi connectivity index (χ2n) is 7.29. The molecule has 5 nitrogen and oxygen atoms in total. The molecule has 0 aliphatic carbocycles. The summed E-state index contributed by atoms with van der Waals surface area (Å²) in [6.45, 7) is 7.53. The van der Waals surface area contributed by atoms with Crippen molar-refractivity contribution in [3.8, 4) is 11.5 Å². The van der Waals surface area contributed by atoms with Gasteiger partial charge in [-0.3, -0.25) is 0 Å². The van der Waals surface area contributed by atoms with Crippen LogP contribution in [0.5, 0.6) is 0 Å². The average Bonchev–Trinajstić information content (AvgIpc) is 3.32. The first kappa shape index (κ1) is 18.7. The minimum absolute atomic E-state index is 0.0135. The highest BCUT2D eigenvalue weighted by atomic mass is 32.2. The van der Waals surface area contributed by atoms with Gasteiger partial charge in [-0.2, -0.15) is 0 Å². The molecule has 0 saturated carbocycles. The minimum Gasteiger partial charge on any atom is -0.419 e. The number of hydrogen-bond donors (Lipinski definition) is 0. The van der Waals surface area contributed by atoms with Gasteiger partial charge >= 0.3 is 0 Å². The van der Waals surface area contributed by atoms with E-state index in [2.05, 4.69) is 53.7 Å². The molecule has 0 unspecified atom stereocenters. The molecule has 144 valence electrons. The maximum Gasteiger partial charge on any atom is 0.247 e. The van der Waals surface area contributed by atoms with E-state index in [1.54, 1.807) is 11.8 Å². The predicted octanol–water partition coefficient (Wildman–Crippen LogP) is 5.99. The van der Waals surface area contributed by atoms with Crippen LogP contribution in [0.1, 0.15) is 38.3 Å². The predicted molar refractivity (Wildman–Crippen MR) is 113 cm³/mol. The van der Waals surface area contributed by atoms with E-state index in [1.807, 2.05) is 36.4 Å². The average molecular weight is 393 g/mol. The number of rotatable bonds is 7. The van der Waals surface area contributed by atoms with E-state index in [0.717, 1.165) is 29.2 Å². The molecule has 4 aromatic rings. The van der Waals surface area contributed by atoms with Gasteiger partial charge in [0.2, 0.25) is 11.8 Å². The van der Waals surface area contributed by atoms with Gasteiger partial charge in [0.25, 0.3) is 0 Å². The lowest BCUT2D eigenvalue weighted by atomic mass is 10.1. The number of fused-ring (bicyclic) bond motifs is 1. The van der Waals surface area contributed by atoms with Crippen molar-refractivity contribution in [2.75, 3.05) is 0 Å². The van der Waals surface area contributed by atoms with E-state index in [1.165, 1.54) is 5.52 Å².